The van der Waals surface area contributed by atoms with Crippen molar-refractivity contribution in [2.75, 3.05) is 6.54 Å². The fourth-order valence-corrected chi connectivity index (χ4v) is 3.08. The lowest BCUT2D eigenvalue weighted by Gasteiger charge is -2.25. The summed E-state index contributed by atoms with van der Waals surface area (Å²) in [6, 6.07) is 9.81. The van der Waals surface area contributed by atoms with Gasteiger partial charge >= 0.3 is 0 Å². The molecule has 1 fully saturated rings. The molecule has 1 heterocycles. The van der Waals surface area contributed by atoms with Crippen molar-refractivity contribution in [3.05, 3.63) is 42.1 Å². The lowest BCUT2D eigenvalue weighted by atomic mass is 9.79. The maximum Gasteiger partial charge on any atom is 0.171 e. The minimum Gasteiger partial charge on any atom is -0.329 e. The van der Waals surface area contributed by atoms with Crippen LogP contribution in [0.3, 0.4) is 0 Å². The summed E-state index contributed by atoms with van der Waals surface area (Å²) in [4.78, 5) is 17.1. The molecule has 1 aromatic carbocycles. The van der Waals surface area contributed by atoms with Crippen molar-refractivity contribution in [2.45, 2.75) is 25.7 Å². The molecule has 0 amide bonds. The zero-order valence-corrected chi connectivity index (χ0v) is 10.9. The number of carbonyl (C=O) groups is 1. The predicted octanol–water partition coefficient (Wildman–Crippen LogP) is 2.94. The van der Waals surface area contributed by atoms with Gasteiger partial charge in [0.2, 0.25) is 0 Å². The minimum atomic E-state index is -0.343. The van der Waals surface area contributed by atoms with Crippen molar-refractivity contribution < 1.29 is 4.79 Å². The predicted molar refractivity (Wildman–Crippen MR) is 76.0 cm³/mol. The molecule has 0 aliphatic heterocycles. The first kappa shape index (κ1) is 12.3. The van der Waals surface area contributed by atoms with Gasteiger partial charge < -0.3 is 5.73 Å². The van der Waals surface area contributed by atoms with E-state index in [2.05, 4.69) is 4.98 Å². The van der Waals surface area contributed by atoms with Gasteiger partial charge in [0.25, 0.3) is 0 Å². The van der Waals surface area contributed by atoms with Gasteiger partial charge in [-0.05, 0) is 25.0 Å². The topological polar surface area (TPSA) is 56.0 Å². The molecule has 0 bridgehead atoms. The maximum absolute atomic E-state index is 12.7. The first-order chi connectivity index (χ1) is 9.25. The van der Waals surface area contributed by atoms with Crippen LogP contribution in [0.1, 0.15) is 36.0 Å². The Bertz CT molecular complexity index is 615. The summed E-state index contributed by atoms with van der Waals surface area (Å²) in [7, 11) is 0. The number of rotatable bonds is 3. The molecule has 1 aliphatic carbocycles. The Hall–Kier alpha value is -1.74. The molecular formula is C16H18N2O. The number of hydrogen-bond donors (Lipinski definition) is 1. The van der Waals surface area contributed by atoms with Crippen molar-refractivity contribution >= 4 is 16.7 Å². The number of benzene rings is 1. The number of hydrogen-bond acceptors (Lipinski definition) is 3. The molecule has 19 heavy (non-hydrogen) atoms. The molecule has 3 rings (SSSR count). The van der Waals surface area contributed by atoms with Crippen molar-refractivity contribution in [1.82, 2.24) is 4.98 Å². The van der Waals surface area contributed by atoms with Crippen LogP contribution in [-0.4, -0.2) is 17.3 Å². The number of aromatic nitrogens is 1. The smallest absolute Gasteiger partial charge is 0.171 e. The normalized spacial score (nSPS) is 17.7. The zero-order valence-electron chi connectivity index (χ0n) is 10.9. The molecule has 1 aromatic heterocycles. The molecular weight excluding hydrogens is 236 g/mol. The molecule has 0 unspecified atom stereocenters. The summed E-state index contributed by atoms with van der Waals surface area (Å²) in [5.74, 6) is 0.172. The summed E-state index contributed by atoms with van der Waals surface area (Å²) in [5, 5.41) is 1.01. The average molecular weight is 254 g/mol. The van der Waals surface area contributed by atoms with Gasteiger partial charge in [0.1, 0.15) is 0 Å². The highest BCUT2D eigenvalue weighted by atomic mass is 16.1. The molecule has 1 saturated carbocycles. The Morgan fingerprint density at radius 2 is 2.00 bits per heavy atom. The quantitative estimate of drug-likeness (QED) is 0.857. The van der Waals surface area contributed by atoms with Gasteiger partial charge in [0.15, 0.2) is 5.78 Å². The van der Waals surface area contributed by atoms with Gasteiger partial charge in [-0.25, -0.2) is 0 Å². The summed E-state index contributed by atoms with van der Waals surface area (Å²) >= 11 is 0. The fraction of sp³-hybridized carbons (Fsp3) is 0.375. The van der Waals surface area contributed by atoms with E-state index >= 15 is 0 Å². The third kappa shape index (κ3) is 2.04. The average Bonchev–Trinajstić information content (AvgIpc) is 2.96. The molecule has 0 saturated heterocycles. The summed E-state index contributed by atoms with van der Waals surface area (Å²) in [5.41, 5.74) is 7.16. The van der Waals surface area contributed by atoms with E-state index in [0.29, 0.717) is 12.1 Å². The molecule has 0 spiro atoms. The van der Waals surface area contributed by atoms with E-state index in [0.717, 1.165) is 36.6 Å². The number of Topliss-reactive ketones (excluding diaryl/α,β-unsaturated/α-hetero) is 1. The van der Waals surface area contributed by atoms with E-state index in [-0.39, 0.29) is 11.2 Å². The SMILES string of the molecule is NCC1(C(=O)c2cnc3ccccc3c2)CCCC1. The van der Waals surface area contributed by atoms with E-state index in [4.69, 9.17) is 5.73 Å². The van der Waals surface area contributed by atoms with Crippen LogP contribution < -0.4 is 5.73 Å². The van der Waals surface area contributed by atoms with E-state index in [1.165, 1.54) is 0 Å². The summed E-state index contributed by atoms with van der Waals surface area (Å²) in [6.45, 7) is 0.443. The lowest BCUT2D eigenvalue weighted by Crippen LogP contribution is -2.36. The van der Waals surface area contributed by atoms with Crippen LogP contribution in [-0.2, 0) is 0 Å². The highest BCUT2D eigenvalue weighted by molar-refractivity contribution is 6.02. The highest BCUT2D eigenvalue weighted by Gasteiger charge is 2.40. The molecule has 3 heteroatoms. The third-order valence-electron chi connectivity index (χ3n) is 4.29. The highest BCUT2D eigenvalue weighted by Crippen LogP contribution is 2.40. The Labute approximate surface area is 112 Å². The van der Waals surface area contributed by atoms with Crippen molar-refractivity contribution in [3.63, 3.8) is 0 Å². The number of nitrogens with two attached hydrogens (primary N) is 1. The largest absolute Gasteiger partial charge is 0.329 e. The van der Waals surface area contributed by atoms with Gasteiger partial charge in [-0.15, -0.1) is 0 Å². The molecule has 0 atom stereocenters. The maximum atomic E-state index is 12.7. The second kappa shape index (κ2) is 4.74. The first-order valence-electron chi connectivity index (χ1n) is 6.85. The van der Waals surface area contributed by atoms with Crippen LogP contribution in [0.2, 0.25) is 0 Å². The van der Waals surface area contributed by atoms with Crippen molar-refractivity contribution in [2.24, 2.45) is 11.1 Å². The second-order valence-corrected chi connectivity index (χ2v) is 5.44. The zero-order chi connectivity index (χ0) is 13.3. The summed E-state index contributed by atoms with van der Waals surface area (Å²) < 4.78 is 0. The monoisotopic (exact) mass is 254 g/mol. The molecule has 98 valence electrons. The standard InChI is InChI=1S/C16H18N2O/c17-11-16(7-3-4-8-16)15(19)13-9-12-5-1-2-6-14(12)18-10-13/h1-2,5-6,9-10H,3-4,7-8,11,17H2. The number of fused-ring (bicyclic) bond motifs is 1. The van der Waals surface area contributed by atoms with Crippen LogP contribution in [0.15, 0.2) is 36.5 Å². The Kier molecular flexibility index (Phi) is 3.07. The van der Waals surface area contributed by atoms with Crippen LogP contribution >= 0.6 is 0 Å². The van der Waals surface area contributed by atoms with Crippen LogP contribution in [0.5, 0.6) is 0 Å². The molecule has 2 N–H and O–H groups in total. The minimum absolute atomic E-state index is 0.172. The molecule has 2 aromatic rings. The number of pyridine rings is 1. The fourth-order valence-electron chi connectivity index (χ4n) is 3.08. The van der Waals surface area contributed by atoms with Gasteiger partial charge in [0.05, 0.1) is 5.52 Å². The van der Waals surface area contributed by atoms with Crippen LogP contribution in [0.25, 0.3) is 10.9 Å². The molecule has 3 nitrogen and oxygen atoms in total. The van der Waals surface area contributed by atoms with Gasteiger partial charge in [-0.1, -0.05) is 31.0 Å². The number of para-hydroxylation sites is 1. The van der Waals surface area contributed by atoms with Crippen LogP contribution in [0.4, 0.5) is 0 Å². The van der Waals surface area contributed by atoms with Crippen LogP contribution in [0, 0.1) is 5.41 Å². The van der Waals surface area contributed by atoms with E-state index < -0.39 is 0 Å². The lowest BCUT2D eigenvalue weighted by molar-refractivity contribution is 0.0809. The molecule has 0 radical (unpaired) electrons. The van der Waals surface area contributed by atoms with Gasteiger partial charge in [0, 0.05) is 29.1 Å². The first-order valence-corrected chi connectivity index (χ1v) is 6.85. The summed E-state index contributed by atoms with van der Waals surface area (Å²) in [6.07, 6.45) is 5.72. The van der Waals surface area contributed by atoms with Gasteiger partial charge in [-0.2, -0.15) is 0 Å². The van der Waals surface area contributed by atoms with Crippen molar-refractivity contribution in [3.8, 4) is 0 Å². The number of carbonyl (C=O) groups excluding carboxylic acids is 1. The van der Waals surface area contributed by atoms with Crippen molar-refractivity contribution in [1.29, 1.82) is 0 Å². The second-order valence-electron chi connectivity index (χ2n) is 5.44. The van der Waals surface area contributed by atoms with Gasteiger partial charge in [-0.3, -0.25) is 9.78 Å². The van der Waals surface area contributed by atoms with E-state index in [1.807, 2.05) is 30.3 Å². The number of nitrogens with zero attached hydrogens (tertiary/aromatic N) is 1. The Balaban J connectivity index is 2.01. The number of ketones is 1. The third-order valence-corrected chi connectivity index (χ3v) is 4.29. The Morgan fingerprint density at radius 1 is 1.26 bits per heavy atom. The molecule has 1 aliphatic rings. The van der Waals surface area contributed by atoms with E-state index in [1.54, 1.807) is 6.20 Å². The van der Waals surface area contributed by atoms with E-state index in [9.17, 15) is 4.79 Å². The Morgan fingerprint density at radius 3 is 2.74 bits per heavy atom.